The Labute approximate surface area is 101 Å². The van der Waals surface area contributed by atoms with Crippen LogP contribution in [0.1, 0.15) is 32.8 Å². The van der Waals surface area contributed by atoms with Crippen LogP contribution in [0.2, 0.25) is 0 Å². The summed E-state index contributed by atoms with van der Waals surface area (Å²) in [7, 11) is 0. The summed E-state index contributed by atoms with van der Waals surface area (Å²) >= 11 is 3.54. The summed E-state index contributed by atoms with van der Waals surface area (Å²) < 4.78 is 1.07. The Hall–Kier alpha value is -0.570. The van der Waals surface area contributed by atoms with Crippen LogP contribution in [0.5, 0.6) is 0 Å². The van der Waals surface area contributed by atoms with E-state index in [1.54, 1.807) is 0 Å². The molecule has 2 nitrogen and oxygen atoms in total. The van der Waals surface area contributed by atoms with E-state index in [0.717, 1.165) is 23.3 Å². The third-order valence-electron chi connectivity index (χ3n) is 2.77. The monoisotopic (exact) mass is 270 g/mol. The maximum atomic E-state index is 4.32. The number of nitrogens with zero attached hydrogens (tertiary/aromatic N) is 1. The number of pyridine rings is 1. The fourth-order valence-corrected chi connectivity index (χ4v) is 1.49. The number of nitrogens with one attached hydrogen (secondary N) is 1. The number of aryl methyl sites for hydroxylation is 1. The Morgan fingerprint density at radius 1 is 1.47 bits per heavy atom. The quantitative estimate of drug-likeness (QED) is 0.895. The van der Waals surface area contributed by atoms with E-state index in [1.165, 1.54) is 5.56 Å². The zero-order chi connectivity index (χ0) is 11.5. The molecule has 0 saturated heterocycles. The summed E-state index contributed by atoms with van der Waals surface area (Å²) in [6.45, 7) is 9.73. The molecule has 15 heavy (non-hydrogen) atoms. The van der Waals surface area contributed by atoms with Gasteiger partial charge in [-0.25, -0.2) is 4.98 Å². The number of aromatic nitrogens is 1. The normalized spacial score (nSPS) is 11.5. The molecule has 0 saturated carbocycles. The van der Waals surface area contributed by atoms with Gasteiger partial charge in [-0.15, -0.1) is 0 Å². The Bertz CT molecular complexity index is 334. The van der Waals surface area contributed by atoms with Gasteiger partial charge in [0.15, 0.2) is 0 Å². The molecule has 1 aromatic heterocycles. The molecule has 1 aromatic rings. The predicted molar refractivity (Wildman–Crippen MR) is 69.2 cm³/mol. The first-order valence-electron chi connectivity index (χ1n) is 5.31. The van der Waals surface area contributed by atoms with Crippen LogP contribution in [0.3, 0.4) is 0 Å². The molecule has 0 bridgehead atoms. The minimum Gasteiger partial charge on any atom is -0.369 e. The molecule has 0 amide bonds. The molecular weight excluding hydrogens is 252 g/mol. The van der Waals surface area contributed by atoms with Crippen molar-refractivity contribution < 1.29 is 0 Å². The summed E-state index contributed by atoms with van der Waals surface area (Å²) in [6, 6.07) is 2.00. The van der Waals surface area contributed by atoms with Crippen molar-refractivity contribution >= 4 is 21.7 Å². The highest BCUT2D eigenvalue weighted by atomic mass is 79.9. The molecule has 0 aliphatic rings. The van der Waals surface area contributed by atoms with Gasteiger partial charge in [-0.05, 0) is 46.3 Å². The van der Waals surface area contributed by atoms with Crippen LogP contribution in [0.4, 0.5) is 5.82 Å². The third kappa shape index (κ3) is 3.49. The summed E-state index contributed by atoms with van der Waals surface area (Å²) in [6.07, 6.45) is 2.99. The van der Waals surface area contributed by atoms with E-state index in [4.69, 9.17) is 0 Å². The molecule has 1 heterocycles. The summed E-state index contributed by atoms with van der Waals surface area (Å²) in [5.74, 6) is 0.941. The van der Waals surface area contributed by atoms with Crippen molar-refractivity contribution in [3.05, 3.63) is 22.3 Å². The number of hydrogen-bond acceptors (Lipinski definition) is 2. The van der Waals surface area contributed by atoms with Gasteiger partial charge >= 0.3 is 0 Å². The van der Waals surface area contributed by atoms with Crippen molar-refractivity contribution in [3.8, 4) is 0 Å². The van der Waals surface area contributed by atoms with Crippen molar-refractivity contribution in [2.45, 2.75) is 34.1 Å². The SMILES string of the molecule is CCC(C)(C)CNc1nccc(C)c1Br. The lowest BCUT2D eigenvalue weighted by Gasteiger charge is -2.23. The maximum Gasteiger partial charge on any atom is 0.140 e. The predicted octanol–water partition coefficient (Wildman–Crippen LogP) is 4.00. The second-order valence-electron chi connectivity index (χ2n) is 4.66. The molecular formula is C12H19BrN2. The average molecular weight is 271 g/mol. The average Bonchev–Trinajstić information content (AvgIpc) is 2.20. The Kier molecular flexibility index (Phi) is 4.14. The molecule has 0 unspecified atom stereocenters. The van der Waals surface area contributed by atoms with Gasteiger partial charge in [-0.3, -0.25) is 0 Å². The second-order valence-corrected chi connectivity index (χ2v) is 5.45. The van der Waals surface area contributed by atoms with Gasteiger partial charge in [0, 0.05) is 12.7 Å². The topological polar surface area (TPSA) is 24.9 Å². The van der Waals surface area contributed by atoms with Crippen LogP contribution in [-0.4, -0.2) is 11.5 Å². The number of anilines is 1. The second kappa shape index (κ2) is 4.97. The van der Waals surface area contributed by atoms with Gasteiger partial charge in [0.05, 0.1) is 4.47 Å². The zero-order valence-electron chi connectivity index (χ0n) is 9.89. The van der Waals surface area contributed by atoms with E-state index in [2.05, 4.69) is 53.9 Å². The van der Waals surface area contributed by atoms with E-state index >= 15 is 0 Å². The van der Waals surface area contributed by atoms with Gasteiger partial charge in [0.25, 0.3) is 0 Å². The van der Waals surface area contributed by atoms with Gasteiger partial charge in [0.2, 0.25) is 0 Å². The largest absolute Gasteiger partial charge is 0.369 e. The Morgan fingerprint density at radius 2 is 2.13 bits per heavy atom. The van der Waals surface area contributed by atoms with Gasteiger partial charge < -0.3 is 5.32 Å². The van der Waals surface area contributed by atoms with Crippen molar-refractivity contribution in [1.82, 2.24) is 4.98 Å². The molecule has 0 radical (unpaired) electrons. The van der Waals surface area contributed by atoms with Crippen LogP contribution in [0.15, 0.2) is 16.7 Å². The minimum absolute atomic E-state index is 0.310. The van der Waals surface area contributed by atoms with Crippen LogP contribution < -0.4 is 5.32 Å². The van der Waals surface area contributed by atoms with Crippen LogP contribution in [0.25, 0.3) is 0 Å². The highest BCUT2D eigenvalue weighted by Crippen LogP contribution is 2.26. The molecule has 0 aliphatic heterocycles. The fraction of sp³-hybridized carbons (Fsp3) is 0.583. The Balaban J connectivity index is 2.70. The number of halogens is 1. The minimum atomic E-state index is 0.310. The lowest BCUT2D eigenvalue weighted by molar-refractivity contribution is 0.376. The third-order valence-corrected chi connectivity index (χ3v) is 3.77. The molecule has 1 N–H and O–H groups in total. The van der Waals surface area contributed by atoms with E-state index < -0.39 is 0 Å². The van der Waals surface area contributed by atoms with Gasteiger partial charge in [-0.2, -0.15) is 0 Å². The van der Waals surface area contributed by atoms with E-state index in [9.17, 15) is 0 Å². The smallest absolute Gasteiger partial charge is 0.140 e. The molecule has 0 aliphatic carbocycles. The van der Waals surface area contributed by atoms with Crippen molar-refractivity contribution in [2.75, 3.05) is 11.9 Å². The molecule has 1 rings (SSSR count). The highest BCUT2D eigenvalue weighted by Gasteiger charge is 2.15. The van der Waals surface area contributed by atoms with E-state index in [1.807, 2.05) is 12.3 Å². The van der Waals surface area contributed by atoms with Crippen molar-refractivity contribution in [1.29, 1.82) is 0 Å². The molecule has 0 aromatic carbocycles. The first-order valence-corrected chi connectivity index (χ1v) is 6.10. The van der Waals surface area contributed by atoms with Gasteiger partial charge in [0.1, 0.15) is 5.82 Å². The summed E-state index contributed by atoms with van der Waals surface area (Å²) in [4.78, 5) is 4.32. The van der Waals surface area contributed by atoms with Gasteiger partial charge in [-0.1, -0.05) is 20.8 Å². The van der Waals surface area contributed by atoms with E-state index in [0.29, 0.717) is 5.41 Å². The van der Waals surface area contributed by atoms with Crippen LogP contribution >= 0.6 is 15.9 Å². The molecule has 3 heteroatoms. The summed E-state index contributed by atoms with van der Waals surface area (Å²) in [5, 5.41) is 3.39. The number of hydrogen-bond donors (Lipinski definition) is 1. The first kappa shape index (κ1) is 12.5. The lowest BCUT2D eigenvalue weighted by Crippen LogP contribution is -2.22. The maximum absolute atomic E-state index is 4.32. The number of rotatable bonds is 4. The summed E-state index contributed by atoms with van der Waals surface area (Å²) in [5.41, 5.74) is 1.52. The molecule has 0 spiro atoms. The van der Waals surface area contributed by atoms with Crippen molar-refractivity contribution in [2.24, 2.45) is 5.41 Å². The first-order chi connectivity index (χ1) is 6.96. The standard InChI is InChI=1S/C12H19BrN2/c1-5-12(3,4)8-15-11-10(13)9(2)6-7-14-11/h6-7H,5,8H2,1-4H3,(H,14,15). The molecule has 0 atom stereocenters. The van der Waals surface area contributed by atoms with E-state index in [-0.39, 0.29) is 0 Å². The fourth-order valence-electron chi connectivity index (χ4n) is 1.11. The van der Waals surface area contributed by atoms with Crippen LogP contribution in [-0.2, 0) is 0 Å². The molecule has 0 fully saturated rings. The Morgan fingerprint density at radius 3 is 2.73 bits per heavy atom. The highest BCUT2D eigenvalue weighted by molar-refractivity contribution is 9.10. The lowest BCUT2D eigenvalue weighted by atomic mass is 9.90. The zero-order valence-corrected chi connectivity index (χ0v) is 11.5. The van der Waals surface area contributed by atoms with Crippen LogP contribution in [0, 0.1) is 12.3 Å². The van der Waals surface area contributed by atoms with Crippen molar-refractivity contribution in [3.63, 3.8) is 0 Å². The molecule has 84 valence electrons.